The molecule has 0 radical (unpaired) electrons. The van der Waals surface area contributed by atoms with Crippen LogP contribution in [0.2, 0.25) is 0 Å². The number of aliphatic imine (C=N–C) groups is 1. The fourth-order valence-corrected chi connectivity index (χ4v) is 3.60. The lowest BCUT2D eigenvalue weighted by Crippen LogP contribution is -2.51. The average molecular weight is 304 g/mol. The zero-order valence-corrected chi connectivity index (χ0v) is 12.7. The third-order valence-electron chi connectivity index (χ3n) is 3.74. The van der Waals surface area contributed by atoms with Crippen molar-refractivity contribution in [3.05, 3.63) is 0 Å². The first-order valence-corrected chi connectivity index (χ1v) is 8.75. The summed E-state index contributed by atoms with van der Waals surface area (Å²) in [7, 11) is -3.03. The molecule has 2 fully saturated rings. The van der Waals surface area contributed by atoms with Crippen LogP contribution in [-0.4, -0.2) is 63.3 Å². The number of sulfonamides is 1. The molecule has 0 amide bonds. The first-order chi connectivity index (χ1) is 9.51. The minimum Gasteiger partial charge on any atom is -0.376 e. The largest absolute Gasteiger partial charge is 0.376 e. The zero-order chi connectivity index (χ0) is 14.6. The number of hydrogen-bond donors (Lipinski definition) is 2. The van der Waals surface area contributed by atoms with Gasteiger partial charge in [0.05, 0.1) is 11.9 Å². The molecular formula is C12H24N4O3S. The van der Waals surface area contributed by atoms with Gasteiger partial charge in [0.1, 0.15) is 0 Å². The summed E-state index contributed by atoms with van der Waals surface area (Å²) in [5, 5.41) is 3.05. The molecule has 0 spiro atoms. The van der Waals surface area contributed by atoms with Crippen molar-refractivity contribution < 1.29 is 13.2 Å². The van der Waals surface area contributed by atoms with E-state index in [-0.39, 0.29) is 17.8 Å². The molecule has 1 unspecified atom stereocenters. The third-order valence-corrected chi connectivity index (χ3v) is 5.55. The van der Waals surface area contributed by atoms with E-state index in [1.165, 1.54) is 4.31 Å². The molecule has 2 rings (SSSR count). The van der Waals surface area contributed by atoms with Gasteiger partial charge in [-0.05, 0) is 19.8 Å². The Morgan fingerprint density at radius 3 is 2.85 bits per heavy atom. The Balaban J connectivity index is 1.64. The Kier molecular flexibility index (Phi) is 5.22. The number of guanidine groups is 1. The number of nitrogens with zero attached hydrogens (tertiary/aromatic N) is 2. The van der Waals surface area contributed by atoms with Gasteiger partial charge in [-0.2, -0.15) is 0 Å². The Hall–Kier alpha value is -0.860. The minimum atomic E-state index is -3.03. The first kappa shape index (κ1) is 15.5. The van der Waals surface area contributed by atoms with Gasteiger partial charge in [0, 0.05) is 38.7 Å². The lowest BCUT2D eigenvalue weighted by Gasteiger charge is -2.37. The van der Waals surface area contributed by atoms with Gasteiger partial charge in [-0.3, -0.25) is 4.99 Å². The normalized spacial score (nSPS) is 25.6. The van der Waals surface area contributed by atoms with Gasteiger partial charge in [-0.25, -0.2) is 12.7 Å². The number of nitrogens with one attached hydrogen (secondary N) is 1. The lowest BCUT2D eigenvalue weighted by atomic mass is 10.0. The van der Waals surface area contributed by atoms with Crippen LogP contribution in [0, 0.1) is 5.92 Å². The van der Waals surface area contributed by atoms with Crippen molar-refractivity contribution in [2.24, 2.45) is 16.6 Å². The van der Waals surface area contributed by atoms with Crippen molar-refractivity contribution >= 4 is 16.0 Å². The van der Waals surface area contributed by atoms with E-state index in [0.29, 0.717) is 32.1 Å². The second-order valence-corrected chi connectivity index (χ2v) is 7.58. The average Bonchev–Trinajstić information content (AvgIpc) is 2.87. The molecule has 20 heavy (non-hydrogen) atoms. The molecule has 0 aromatic carbocycles. The highest BCUT2D eigenvalue weighted by Gasteiger charge is 2.34. The van der Waals surface area contributed by atoms with E-state index in [0.717, 1.165) is 19.4 Å². The maximum absolute atomic E-state index is 11.6. The van der Waals surface area contributed by atoms with Crippen LogP contribution in [0.25, 0.3) is 0 Å². The number of rotatable bonds is 6. The molecule has 116 valence electrons. The topological polar surface area (TPSA) is 97.0 Å². The summed E-state index contributed by atoms with van der Waals surface area (Å²) >= 11 is 0. The second-order valence-electron chi connectivity index (χ2n) is 5.33. The molecular weight excluding hydrogens is 280 g/mol. The SMILES string of the molecule is CCS(=O)(=O)N1CC(CN=C(N)NCC2CCCO2)C1. The van der Waals surface area contributed by atoms with Crippen LogP contribution in [0.1, 0.15) is 19.8 Å². The predicted octanol–water partition coefficient (Wildman–Crippen LogP) is -0.649. The van der Waals surface area contributed by atoms with Crippen LogP contribution in [0.5, 0.6) is 0 Å². The Labute approximate surface area is 120 Å². The van der Waals surface area contributed by atoms with Gasteiger partial charge >= 0.3 is 0 Å². The van der Waals surface area contributed by atoms with Crippen molar-refractivity contribution in [3.63, 3.8) is 0 Å². The van der Waals surface area contributed by atoms with Crippen molar-refractivity contribution in [3.8, 4) is 0 Å². The van der Waals surface area contributed by atoms with Gasteiger partial charge < -0.3 is 15.8 Å². The van der Waals surface area contributed by atoms with Crippen molar-refractivity contribution in [1.82, 2.24) is 9.62 Å². The van der Waals surface area contributed by atoms with Crippen LogP contribution in [0.4, 0.5) is 0 Å². The van der Waals surface area contributed by atoms with Crippen molar-refractivity contribution in [2.75, 3.05) is 38.5 Å². The molecule has 2 aliphatic heterocycles. The van der Waals surface area contributed by atoms with Crippen LogP contribution < -0.4 is 11.1 Å². The van der Waals surface area contributed by atoms with Gasteiger partial charge in [0.15, 0.2) is 5.96 Å². The second kappa shape index (κ2) is 6.73. The molecule has 1 atom stereocenters. The summed E-state index contributed by atoms with van der Waals surface area (Å²) in [4.78, 5) is 4.26. The minimum absolute atomic E-state index is 0.161. The van der Waals surface area contributed by atoms with E-state index in [1.807, 2.05) is 0 Å². The molecule has 2 heterocycles. The van der Waals surface area contributed by atoms with E-state index in [4.69, 9.17) is 10.5 Å². The van der Waals surface area contributed by atoms with Crippen molar-refractivity contribution in [1.29, 1.82) is 0 Å². The summed E-state index contributed by atoms with van der Waals surface area (Å²) in [5.41, 5.74) is 5.78. The summed E-state index contributed by atoms with van der Waals surface area (Å²) in [5.74, 6) is 0.852. The number of nitrogens with two attached hydrogens (primary N) is 1. The third kappa shape index (κ3) is 4.07. The summed E-state index contributed by atoms with van der Waals surface area (Å²) in [6, 6.07) is 0. The molecule has 2 aliphatic rings. The maximum atomic E-state index is 11.6. The van der Waals surface area contributed by atoms with Gasteiger partial charge in [0.25, 0.3) is 0 Å². The first-order valence-electron chi connectivity index (χ1n) is 7.14. The van der Waals surface area contributed by atoms with Crippen LogP contribution >= 0.6 is 0 Å². The molecule has 0 aromatic heterocycles. The predicted molar refractivity (Wildman–Crippen MR) is 78.0 cm³/mol. The molecule has 3 N–H and O–H groups in total. The molecule has 8 heteroatoms. The molecule has 2 saturated heterocycles. The Morgan fingerprint density at radius 2 is 2.25 bits per heavy atom. The van der Waals surface area contributed by atoms with Gasteiger partial charge in [-0.1, -0.05) is 0 Å². The van der Waals surface area contributed by atoms with E-state index in [9.17, 15) is 8.42 Å². The van der Waals surface area contributed by atoms with Gasteiger partial charge in [-0.15, -0.1) is 0 Å². The molecule has 0 bridgehead atoms. The van der Waals surface area contributed by atoms with Crippen LogP contribution in [0.15, 0.2) is 4.99 Å². The standard InChI is InChI=1S/C12H24N4O3S/c1-2-20(17,18)16-8-10(9-16)6-14-12(13)15-7-11-4-3-5-19-11/h10-11H,2-9H2,1H3,(H3,13,14,15). The lowest BCUT2D eigenvalue weighted by molar-refractivity contribution is 0.114. The number of ether oxygens (including phenoxy) is 1. The summed E-state index contributed by atoms with van der Waals surface area (Å²) in [6.45, 7) is 4.86. The highest BCUT2D eigenvalue weighted by Crippen LogP contribution is 2.19. The van der Waals surface area contributed by atoms with Crippen LogP contribution in [-0.2, 0) is 14.8 Å². The fourth-order valence-electron chi connectivity index (χ4n) is 2.35. The zero-order valence-electron chi connectivity index (χ0n) is 11.9. The summed E-state index contributed by atoms with van der Waals surface area (Å²) < 4.78 is 30.1. The highest BCUT2D eigenvalue weighted by atomic mass is 32.2. The van der Waals surface area contributed by atoms with E-state index in [1.54, 1.807) is 6.92 Å². The van der Waals surface area contributed by atoms with E-state index >= 15 is 0 Å². The number of hydrogen-bond acceptors (Lipinski definition) is 4. The summed E-state index contributed by atoms with van der Waals surface area (Å²) in [6.07, 6.45) is 2.40. The van der Waals surface area contributed by atoms with Crippen molar-refractivity contribution in [2.45, 2.75) is 25.9 Å². The maximum Gasteiger partial charge on any atom is 0.213 e. The Bertz CT molecular complexity index is 440. The quantitative estimate of drug-likeness (QED) is 0.502. The molecule has 0 aromatic rings. The highest BCUT2D eigenvalue weighted by molar-refractivity contribution is 7.89. The van der Waals surface area contributed by atoms with Gasteiger partial charge in [0.2, 0.25) is 10.0 Å². The smallest absolute Gasteiger partial charge is 0.213 e. The fraction of sp³-hybridized carbons (Fsp3) is 0.917. The van der Waals surface area contributed by atoms with Crippen LogP contribution in [0.3, 0.4) is 0 Å². The Morgan fingerprint density at radius 1 is 1.50 bits per heavy atom. The van der Waals surface area contributed by atoms with E-state index in [2.05, 4.69) is 10.3 Å². The molecule has 7 nitrogen and oxygen atoms in total. The molecule has 0 aliphatic carbocycles. The monoisotopic (exact) mass is 304 g/mol. The van der Waals surface area contributed by atoms with E-state index < -0.39 is 10.0 Å². The molecule has 0 saturated carbocycles.